The van der Waals surface area contributed by atoms with Gasteiger partial charge in [0, 0.05) is 18.7 Å². The van der Waals surface area contributed by atoms with Gasteiger partial charge in [-0.3, -0.25) is 4.79 Å². The first-order valence-corrected chi connectivity index (χ1v) is 5.84. The number of carbonyl (C=O) groups excluding carboxylic acids is 1. The Bertz CT molecular complexity index is 416. The van der Waals surface area contributed by atoms with Crippen molar-refractivity contribution in [1.29, 1.82) is 0 Å². The lowest BCUT2D eigenvalue weighted by Gasteiger charge is -2.14. The molecule has 0 heterocycles. The van der Waals surface area contributed by atoms with Crippen molar-refractivity contribution in [2.45, 2.75) is 19.4 Å². The molecule has 3 nitrogen and oxygen atoms in total. The summed E-state index contributed by atoms with van der Waals surface area (Å²) >= 11 is 0. The zero-order chi connectivity index (χ0) is 12.3. The second-order valence-corrected chi connectivity index (χ2v) is 4.58. The van der Waals surface area contributed by atoms with Crippen LogP contribution in [0.25, 0.3) is 0 Å². The molecular weight excluding hydrogens is 219 g/mol. The van der Waals surface area contributed by atoms with Gasteiger partial charge in [0.2, 0.25) is 5.91 Å². The predicted octanol–water partition coefficient (Wildman–Crippen LogP) is 1.44. The maximum Gasteiger partial charge on any atom is 0.227 e. The van der Waals surface area contributed by atoms with Crippen molar-refractivity contribution < 1.29 is 9.18 Å². The Morgan fingerprint density at radius 3 is 2.71 bits per heavy atom. The van der Waals surface area contributed by atoms with Crippen LogP contribution in [0.4, 0.5) is 4.39 Å². The molecule has 2 rings (SSSR count). The molecule has 1 fully saturated rings. The van der Waals surface area contributed by atoms with Gasteiger partial charge in [-0.05, 0) is 26.0 Å². The molecular formula is C13H17FN2O. The maximum atomic E-state index is 13.3. The molecule has 92 valence electrons. The van der Waals surface area contributed by atoms with E-state index in [9.17, 15) is 9.18 Å². The largest absolute Gasteiger partial charge is 0.351 e. The quantitative estimate of drug-likeness (QED) is 0.812. The molecule has 0 aromatic heterocycles. The topological polar surface area (TPSA) is 41.1 Å². The van der Waals surface area contributed by atoms with Crippen LogP contribution in [0.3, 0.4) is 0 Å². The second-order valence-electron chi connectivity index (χ2n) is 4.58. The normalized spacial score (nSPS) is 16.6. The van der Waals surface area contributed by atoms with Crippen molar-refractivity contribution >= 4 is 5.91 Å². The molecule has 0 spiro atoms. The molecule has 0 atom stereocenters. The molecule has 0 aliphatic heterocycles. The van der Waals surface area contributed by atoms with Gasteiger partial charge in [-0.25, -0.2) is 4.39 Å². The molecule has 2 N–H and O–H groups in total. The van der Waals surface area contributed by atoms with Crippen molar-refractivity contribution in [3.63, 3.8) is 0 Å². The van der Waals surface area contributed by atoms with Crippen LogP contribution in [0.1, 0.15) is 18.4 Å². The van der Waals surface area contributed by atoms with Crippen LogP contribution in [0.2, 0.25) is 0 Å². The predicted molar refractivity (Wildman–Crippen MR) is 63.8 cm³/mol. The summed E-state index contributed by atoms with van der Waals surface area (Å²) in [5.41, 5.74) is 0.279. The summed E-state index contributed by atoms with van der Waals surface area (Å²) < 4.78 is 13.3. The molecule has 1 amide bonds. The smallest absolute Gasteiger partial charge is 0.227 e. The summed E-state index contributed by atoms with van der Waals surface area (Å²) in [5, 5.41) is 5.83. The summed E-state index contributed by atoms with van der Waals surface area (Å²) in [6.45, 7) is 0.951. The zero-order valence-corrected chi connectivity index (χ0v) is 9.92. The minimum absolute atomic E-state index is 0.0232. The molecule has 1 saturated carbocycles. The summed E-state index contributed by atoms with van der Waals surface area (Å²) in [6, 6.07) is 6.50. The minimum Gasteiger partial charge on any atom is -0.351 e. The van der Waals surface area contributed by atoms with Crippen molar-refractivity contribution in [3.05, 3.63) is 35.6 Å². The summed E-state index contributed by atoms with van der Waals surface area (Å²) in [4.78, 5) is 11.9. The molecule has 0 radical (unpaired) electrons. The number of benzene rings is 1. The molecule has 17 heavy (non-hydrogen) atoms. The van der Waals surface area contributed by atoms with Crippen LogP contribution in [0.15, 0.2) is 24.3 Å². The Kier molecular flexibility index (Phi) is 3.43. The molecule has 1 aromatic carbocycles. The SMILES string of the molecule is CNCC1(C(=O)NCc2ccccc2F)CC1. The summed E-state index contributed by atoms with van der Waals surface area (Å²) in [7, 11) is 1.84. The first-order chi connectivity index (χ1) is 8.18. The fourth-order valence-electron chi connectivity index (χ4n) is 1.98. The fourth-order valence-corrected chi connectivity index (χ4v) is 1.98. The lowest BCUT2D eigenvalue weighted by molar-refractivity contribution is -0.126. The zero-order valence-electron chi connectivity index (χ0n) is 9.92. The second kappa shape index (κ2) is 4.84. The van der Waals surface area contributed by atoms with E-state index >= 15 is 0 Å². The van der Waals surface area contributed by atoms with Crippen molar-refractivity contribution in [2.24, 2.45) is 5.41 Å². The van der Waals surface area contributed by atoms with E-state index in [1.165, 1.54) is 6.07 Å². The Hall–Kier alpha value is -1.42. The molecule has 1 aliphatic rings. The van der Waals surface area contributed by atoms with Gasteiger partial charge < -0.3 is 10.6 Å². The lowest BCUT2D eigenvalue weighted by atomic mass is 10.1. The average molecular weight is 236 g/mol. The maximum absolute atomic E-state index is 13.3. The van der Waals surface area contributed by atoms with E-state index in [0.29, 0.717) is 12.1 Å². The van der Waals surface area contributed by atoms with E-state index in [1.807, 2.05) is 7.05 Å². The van der Waals surface area contributed by atoms with Crippen LogP contribution < -0.4 is 10.6 Å². The van der Waals surface area contributed by atoms with Gasteiger partial charge in [-0.1, -0.05) is 18.2 Å². The van der Waals surface area contributed by atoms with Crippen molar-refractivity contribution in [1.82, 2.24) is 10.6 Å². The van der Waals surface area contributed by atoms with Crippen LogP contribution in [0.5, 0.6) is 0 Å². The Morgan fingerprint density at radius 1 is 1.41 bits per heavy atom. The molecule has 4 heteroatoms. The van der Waals surface area contributed by atoms with Gasteiger partial charge in [-0.2, -0.15) is 0 Å². The third kappa shape index (κ3) is 2.64. The van der Waals surface area contributed by atoms with Gasteiger partial charge in [0.05, 0.1) is 5.41 Å². The highest BCUT2D eigenvalue weighted by Gasteiger charge is 2.48. The highest BCUT2D eigenvalue weighted by Crippen LogP contribution is 2.45. The van der Waals surface area contributed by atoms with E-state index in [4.69, 9.17) is 0 Å². The van der Waals surface area contributed by atoms with E-state index in [-0.39, 0.29) is 23.7 Å². The molecule has 1 aliphatic carbocycles. The number of carbonyl (C=O) groups is 1. The highest BCUT2D eigenvalue weighted by molar-refractivity contribution is 5.85. The molecule has 0 bridgehead atoms. The number of nitrogens with one attached hydrogen (secondary N) is 2. The van der Waals surface area contributed by atoms with Gasteiger partial charge in [0.15, 0.2) is 0 Å². The number of hydrogen-bond donors (Lipinski definition) is 2. The van der Waals surface area contributed by atoms with E-state index in [1.54, 1.807) is 18.2 Å². The lowest BCUT2D eigenvalue weighted by Crippen LogP contribution is -2.37. The molecule has 0 saturated heterocycles. The van der Waals surface area contributed by atoms with Crippen LogP contribution in [0, 0.1) is 11.2 Å². The minimum atomic E-state index is -0.272. The first-order valence-electron chi connectivity index (χ1n) is 5.84. The molecule has 0 unspecified atom stereocenters. The summed E-state index contributed by atoms with van der Waals surface area (Å²) in [5.74, 6) is -0.249. The number of rotatable bonds is 5. The van der Waals surface area contributed by atoms with Crippen LogP contribution in [-0.4, -0.2) is 19.5 Å². The highest BCUT2D eigenvalue weighted by atomic mass is 19.1. The first kappa shape index (κ1) is 12.0. The van der Waals surface area contributed by atoms with Gasteiger partial charge in [-0.15, -0.1) is 0 Å². The summed E-state index contributed by atoms with van der Waals surface area (Å²) in [6.07, 6.45) is 1.83. The molecule has 1 aromatic rings. The van der Waals surface area contributed by atoms with Gasteiger partial charge >= 0.3 is 0 Å². The monoisotopic (exact) mass is 236 g/mol. The fraction of sp³-hybridized carbons (Fsp3) is 0.462. The Morgan fingerprint density at radius 2 is 2.12 bits per heavy atom. The van der Waals surface area contributed by atoms with E-state index in [0.717, 1.165) is 12.8 Å². The number of amides is 1. The Balaban J connectivity index is 1.91. The van der Waals surface area contributed by atoms with Crippen LogP contribution >= 0.6 is 0 Å². The van der Waals surface area contributed by atoms with E-state index < -0.39 is 0 Å². The average Bonchev–Trinajstić information content (AvgIpc) is 3.09. The third-order valence-electron chi connectivity index (χ3n) is 3.25. The van der Waals surface area contributed by atoms with Gasteiger partial charge in [0.25, 0.3) is 0 Å². The number of hydrogen-bond acceptors (Lipinski definition) is 2. The van der Waals surface area contributed by atoms with Crippen molar-refractivity contribution in [2.75, 3.05) is 13.6 Å². The van der Waals surface area contributed by atoms with Crippen LogP contribution in [-0.2, 0) is 11.3 Å². The standard InChI is InChI=1S/C13H17FN2O/c1-15-9-13(6-7-13)12(17)16-8-10-4-2-3-5-11(10)14/h2-5,15H,6-9H2,1H3,(H,16,17). The van der Waals surface area contributed by atoms with Gasteiger partial charge in [0.1, 0.15) is 5.82 Å². The van der Waals surface area contributed by atoms with E-state index in [2.05, 4.69) is 10.6 Å². The Labute approximate surface area is 100 Å². The van der Waals surface area contributed by atoms with Crippen molar-refractivity contribution in [3.8, 4) is 0 Å². The third-order valence-corrected chi connectivity index (χ3v) is 3.25. The number of halogens is 1.